The van der Waals surface area contributed by atoms with Crippen LogP contribution in [0.25, 0.3) is 11.5 Å². The number of rotatable bonds is 6. The second-order valence-electron chi connectivity index (χ2n) is 7.55. The molecule has 2 heterocycles. The number of benzene rings is 1. The number of nitrogens with zero attached hydrogens (tertiary/aromatic N) is 2. The van der Waals surface area contributed by atoms with Crippen molar-refractivity contribution in [3.8, 4) is 11.5 Å². The maximum Gasteiger partial charge on any atom is 0.250 e. The third kappa shape index (κ3) is 3.49. The van der Waals surface area contributed by atoms with Gasteiger partial charge in [-0.2, -0.15) is 0 Å². The molecular weight excluding hydrogens is 376 g/mol. The molecule has 1 saturated carbocycles. The number of nitrogens with one attached hydrogen (secondary N) is 2. The highest BCUT2D eigenvalue weighted by atomic mass is 32.2. The summed E-state index contributed by atoms with van der Waals surface area (Å²) in [5.74, 6) is 1.14. The van der Waals surface area contributed by atoms with Gasteiger partial charge in [-0.15, -0.1) is 10.2 Å². The highest BCUT2D eigenvalue weighted by Crippen LogP contribution is 2.41. The van der Waals surface area contributed by atoms with Crippen molar-refractivity contribution in [1.29, 1.82) is 0 Å². The second-order valence-corrected chi connectivity index (χ2v) is 9.26. The highest BCUT2D eigenvalue weighted by Gasteiger charge is 2.32. The van der Waals surface area contributed by atoms with E-state index in [1.165, 1.54) is 0 Å². The molecule has 0 atom stereocenters. The lowest BCUT2D eigenvalue weighted by Crippen LogP contribution is -2.24. The van der Waals surface area contributed by atoms with E-state index < -0.39 is 10.0 Å². The van der Waals surface area contributed by atoms with Crippen LogP contribution >= 0.6 is 0 Å². The zero-order chi connectivity index (χ0) is 20.1. The average molecular weight is 401 g/mol. The van der Waals surface area contributed by atoms with Gasteiger partial charge in [-0.05, 0) is 51.7 Å². The van der Waals surface area contributed by atoms with E-state index in [2.05, 4.69) is 19.9 Å². The summed E-state index contributed by atoms with van der Waals surface area (Å²) in [6.07, 6.45) is 2.07. The summed E-state index contributed by atoms with van der Waals surface area (Å²) in [5, 5.41) is 8.21. The Morgan fingerprint density at radius 2 is 1.89 bits per heavy atom. The van der Waals surface area contributed by atoms with Gasteiger partial charge in [0.25, 0.3) is 5.89 Å². The van der Waals surface area contributed by atoms with E-state index in [1.807, 2.05) is 39.0 Å². The summed E-state index contributed by atoms with van der Waals surface area (Å²) < 4.78 is 34.8. The smallest absolute Gasteiger partial charge is 0.250 e. The van der Waals surface area contributed by atoms with Crippen LogP contribution in [-0.2, 0) is 16.6 Å². The fourth-order valence-corrected chi connectivity index (χ4v) is 4.87. The Balaban J connectivity index is 1.68. The van der Waals surface area contributed by atoms with E-state index in [0.29, 0.717) is 28.8 Å². The fraction of sp³-hybridized carbons (Fsp3) is 0.400. The van der Waals surface area contributed by atoms with Gasteiger partial charge in [0, 0.05) is 23.9 Å². The van der Waals surface area contributed by atoms with E-state index in [4.69, 9.17) is 4.42 Å². The van der Waals surface area contributed by atoms with Crippen molar-refractivity contribution in [3.05, 3.63) is 52.2 Å². The van der Waals surface area contributed by atoms with Gasteiger partial charge in [0.2, 0.25) is 15.9 Å². The van der Waals surface area contributed by atoms with Crippen LogP contribution in [0.1, 0.15) is 52.7 Å². The largest absolute Gasteiger partial charge is 0.420 e. The minimum Gasteiger partial charge on any atom is -0.420 e. The van der Waals surface area contributed by atoms with Gasteiger partial charge in [-0.3, -0.25) is 0 Å². The molecular formula is C20H24N4O3S. The molecule has 1 aromatic carbocycles. The van der Waals surface area contributed by atoms with Gasteiger partial charge in [0.05, 0.1) is 5.56 Å². The van der Waals surface area contributed by atoms with Crippen molar-refractivity contribution >= 4 is 10.0 Å². The topological polar surface area (TPSA) is 101 Å². The van der Waals surface area contributed by atoms with Gasteiger partial charge >= 0.3 is 0 Å². The third-order valence-corrected chi connectivity index (χ3v) is 6.70. The number of aromatic amines is 1. The second kappa shape index (κ2) is 6.86. The maximum absolute atomic E-state index is 13.2. The third-order valence-electron chi connectivity index (χ3n) is 5.12. The maximum atomic E-state index is 13.2. The number of aryl methyl sites for hydroxylation is 4. The quantitative estimate of drug-likeness (QED) is 0.658. The predicted molar refractivity (Wildman–Crippen MR) is 105 cm³/mol. The highest BCUT2D eigenvalue weighted by molar-refractivity contribution is 7.89. The van der Waals surface area contributed by atoms with E-state index in [9.17, 15) is 8.42 Å². The number of sulfonamides is 1. The molecule has 0 bridgehead atoms. The average Bonchev–Trinajstić information content (AvgIpc) is 3.28. The van der Waals surface area contributed by atoms with E-state index in [-0.39, 0.29) is 17.3 Å². The van der Waals surface area contributed by atoms with Gasteiger partial charge in [-0.1, -0.05) is 23.8 Å². The molecule has 0 amide bonds. The van der Waals surface area contributed by atoms with Crippen LogP contribution in [0.4, 0.5) is 0 Å². The summed E-state index contributed by atoms with van der Waals surface area (Å²) in [7, 11) is -3.78. The molecule has 0 unspecified atom stereocenters. The van der Waals surface area contributed by atoms with Crippen molar-refractivity contribution in [2.75, 3.05) is 0 Å². The molecule has 0 radical (unpaired) electrons. The van der Waals surface area contributed by atoms with E-state index >= 15 is 0 Å². The monoisotopic (exact) mass is 400 g/mol. The Morgan fingerprint density at radius 1 is 1.14 bits per heavy atom. The molecule has 3 aromatic rings. The first-order valence-electron chi connectivity index (χ1n) is 9.35. The molecule has 7 nitrogen and oxygen atoms in total. The molecule has 148 valence electrons. The molecule has 8 heteroatoms. The van der Waals surface area contributed by atoms with E-state index in [1.54, 1.807) is 6.92 Å². The van der Waals surface area contributed by atoms with Crippen LogP contribution in [0, 0.1) is 27.7 Å². The van der Waals surface area contributed by atoms with Gasteiger partial charge in [0.15, 0.2) is 0 Å². The minimum atomic E-state index is -3.78. The first kappa shape index (κ1) is 18.9. The van der Waals surface area contributed by atoms with Crippen molar-refractivity contribution in [3.63, 3.8) is 0 Å². The summed E-state index contributed by atoms with van der Waals surface area (Å²) >= 11 is 0. The molecule has 1 aliphatic carbocycles. The lowest BCUT2D eigenvalue weighted by Gasteiger charge is -2.11. The molecule has 2 aromatic heterocycles. The standard InChI is InChI=1S/C20H24N4O3S/c1-11-5-6-12(2)16(9-11)10-21-28(25,26)18-14(4)22-13(3)17(18)20-24-23-19(27-20)15-7-8-15/h5-6,9,15,21-22H,7-8,10H2,1-4H3. The zero-order valence-electron chi connectivity index (χ0n) is 16.5. The van der Waals surface area contributed by atoms with Crippen molar-refractivity contribution in [2.45, 2.75) is 57.9 Å². The molecule has 28 heavy (non-hydrogen) atoms. The van der Waals surface area contributed by atoms with Crippen LogP contribution in [0.15, 0.2) is 27.5 Å². The Morgan fingerprint density at radius 3 is 2.61 bits per heavy atom. The summed E-state index contributed by atoms with van der Waals surface area (Å²) in [5.41, 5.74) is 4.77. The predicted octanol–water partition coefficient (Wildman–Crippen LogP) is 3.65. The first-order chi connectivity index (χ1) is 13.3. The lowest BCUT2D eigenvalue weighted by atomic mass is 10.1. The number of hydrogen-bond acceptors (Lipinski definition) is 5. The van der Waals surface area contributed by atoms with Crippen LogP contribution in [0.5, 0.6) is 0 Å². The van der Waals surface area contributed by atoms with Crippen molar-refractivity contribution in [2.24, 2.45) is 0 Å². The van der Waals surface area contributed by atoms with Crippen LogP contribution in [0.3, 0.4) is 0 Å². The normalized spacial score (nSPS) is 14.6. The Kier molecular flexibility index (Phi) is 4.63. The first-order valence-corrected chi connectivity index (χ1v) is 10.8. The molecule has 0 spiro atoms. The Labute approximate surface area is 164 Å². The van der Waals surface area contributed by atoms with E-state index in [0.717, 1.165) is 29.5 Å². The summed E-state index contributed by atoms with van der Waals surface area (Å²) in [6, 6.07) is 6.00. The van der Waals surface area contributed by atoms with Crippen molar-refractivity contribution < 1.29 is 12.8 Å². The number of H-pyrrole nitrogens is 1. The van der Waals surface area contributed by atoms with Crippen LogP contribution < -0.4 is 4.72 Å². The number of aromatic nitrogens is 3. The van der Waals surface area contributed by atoms with Crippen molar-refractivity contribution in [1.82, 2.24) is 19.9 Å². The molecule has 4 rings (SSSR count). The zero-order valence-corrected chi connectivity index (χ0v) is 17.3. The molecule has 1 fully saturated rings. The minimum absolute atomic E-state index is 0.168. The Hall–Kier alpha value is -2.45. The van der Waals surface area contributed by atoms with Gasteiger partial charge < -0.3 is 9.40 Å². The molecule has 1 aliphatic rings. The molecule has 0 aliphatic heterocycles. The molecule has 0 saturated heterocycles. The van der Waals surface area contributed by atoms with Crippen LogP contribution in [0.2, 0.25) is 0 Å². The SMILES string of the molecule is Cc1ccc(C)c(CNS(=O)(=O)c2c(C)[nH]c(C)c2-c2nnc(C3CC3)o2)c1. The van der Waals surface area contributed by atoms with Gasteiger partial charge in [-0.25, -0.2) is 13.1 Å². The summed E-state index contributed by atoms with van der Waals surface area (Å²) in [6.45, 7) is 7.73. The lowest BCUT2D eigenvalue weighted by molar-refractivity contribution is 0.506. The summed E-state index contributed by atoms with van der Waals surface area (Å²) in [4.78, 5) is 3.27. The van der Waals surface area contributed by atoms with Gasteiger partial charge in [0.1, 0.15) is 4.90 Å². The fourth-order valence-electron chi connectivity index (χ4n) is 3.42. The van der Waals surface area contributed by atoms with Crippen LogP contribution in [-0.4, -0.2) is 23.6 Å². The molecule has 2 N–H and O–H groups in total. The Bertz CT molecular complexity index is 1140. The number of hydrogen-bond donors (Lipinski definition) is 2.